The fourth-order valence-corrected chi connectivity index (χ4v) is 3.06. The molecule has 22 heavy (non-hydrogen) atoms. The quantitative estimate of drug-likeness (QED) is 0.761. The molecule has 1 amide bonds. The highest BCUT2D eigenvalue weighted by Crippen LogP contribution is 2.26. The lowest BCUT2D eigenvalue weighted by molar-refractivity contribution is 0.0700. The molecule has 0 aliphatic carbocycles. The average molecular weight is 295 g/mol. The minimum atomic E-state index is -0.0194. The third-order valence-corrected chi connectivity index (χ3v) is 4.28. The van der Waals surface area contributed by atoms with Crippen molar-refractivity contribution < 1.29 is 4.79 Å². The van der Waals surface area contributed by atoms with Gasteiger partial charge in [-0.05, 0) is 25.0 Å². The van der Waals surface area contributed by atoms with Gasteiger partial charge < -0.3 is 14.9 Å². The van der Waals surface area contributed by atoms with Crippen LogP contribution in [0.2, 0.25) is 0 Å². The van der Waals surface area contributed by atoms with E-state index in [1.807, 2.05) is 35.4 Å². The SMILES string of the molecule is O=C(c1nc2ccccc2[nH]1)N1CCC(c2ncc[nH]2)CC1. The van der Waals surface area contributed by atoms with Crippen molar-refractivity contribution >= 4 is 16.9 Å². The van der Waals surface area contributed by atoms with E-state index in [0.717, 1.165) is 42.8 Å². The minimum Gasteiger partial charge on any atom is -0.348 e. The van der Waals surface area contributed by atoms with Crippen molar-refractivity contribution in [3.63, 3.8) is 0 Å². The number of fused-ring (bicyclic) bond motifs is 1. The molecule has 1 fully saturated rings. The molecule has 2 N–H and O–H groups in total. The van der Waals surface area contributed by atoms with Gasteiger partial charge in [0.15, 0.2) is 5.82 Å². The van der Waals surface area contributed by atoms with Gasteiger partial charge in [0.25, 0.3) is 5.91 Å². The van der Waals surface area contributed by atoms with Crippen molar-refractivity contribution in [1.29, 1.82) is 0 Å². The molecule has 112 valence electrons. The summed E-state index contributed by atoms with van der Waals surface area (Å²) in [6.07, 6.45) is 5.49. The van der Waals surface area contributed by atoms with Gasteiger partial charge in [-0.25, -0.2) is 9.97 Å². The molecule has 6 heteroatoms. The Morgan fingerprint density at radius 1 is 1.23 bits per heavy atom. The molecule has 0 bridgehead atoms. The smallest absolute Gasteiger partial charge is 0.289 e. The predicted molar refractivity (Wildman–Crippen MR) is 82.6 cm³/mol. The zero-order chi connectivity index (χ0) is 14.9. The number of rotatable bonds is 2. The number of likely N-dealkylation sites (tertiary alicyclic amines) is 1. The van der Waals surface area contributed by atoms with Crippen LogP contribution in [-0.2, 0) is 0 Å². The zero-order valence-electron chi connectivity index (χ0n) is 12.1. The average Bonchev–Trinajstić information content (AvgIpc) is 3.23. The van der Waals surface area contributed by atoms with Gasteiger partial charge in [-0.1, -0.05) is 12.1 Å². The molecule has 3 aromatic rings. The standard InChI is InChI=1S/C16H17N5O/c22-16(15-19-12-3-1-2-4-13(12)20-15)21-9-5-11(6-10-21)14-17-7-8-18-14/h1-4,7-8,11H,5-6,9-10H2,(H,17,18)(H,19,20). The number of para-hydroxylation sites is 2. The minimum absolute atomic E-state index is 0.0194. The molecule has 1 saturated heterocycles. The van der Waals surface area contributed by atoms with E-state index < -0.39 is 0 Å². The van der Waals surface area contributed by atoms with Crippen LogP contribution in [0, 0.1) is 0 Å². The van der Waals surface area contributed by atoms with Crippen molar-refractivity contribution in [2.75, 3.05) is 13.1 Å². The third-order valence-electron chi connectivity index (χ3n) is 4.28. The van der Waals surface area contributed by atoms with E-state index in [0.29, 0.717) is 11.7 Å². The van der Waals surface area contributed by atoms with Crippen LogP contribution < -0.4 is 0 Å². The molecule has 3 heterocycles. The number of carbonyl (C=O) groups is 1. The maximum atomic E-state index is 12.6. The van der Waals surface area contributed by atoms with Gasteiger partial charge in [0, 0.05) is 31.4 Å². The topological polar surface area (TPSA) is 77.7 Å². The Hall–Kier alpha value is -2.63. The van der Waals surface area contributed by atoms with Crippen molar-refractivity contribution in [3.8, 4) is 0 Å². The first-order chi connectivity index (χ1) is 10.8. The summed E-state index contributed by atoms with van der Waals surface area (Å²) in [5.41, 5.74) is 1.73. The van der Waals surface area contributed by atoms with E-state index in [1.165, 1.54) is 0 Å². The molecule has 4 rings (SSSR count). The fraction of sp³-hybridized carbons (Fsp3) is 0.312. The van der Waals surface area contributed by atoms with Gasteiger partial charge in [-0.2, -0.15) is 0 Å². The number of hydrogen-bond donors (Lipinski definition) is 2. The Balaban J connectivity index is 1.47. The molecular weight excluding hydrogens is 278 g/mol. The number of nitrogens with one attached hydrogen (secondary N) is 2. The summed E-state index contributed by atoms with van der Waals surface area (Å²) < 4.78 is 0. The fourth-order valence-electron chi connectivity index (χ4n) is 3.06. The second-order valence-corrected chi connectivity index (χ2v) is 5.64. The molecule has 6 nitrogen and oxygen atoms in total. The second-order valence-electron chi connectivity index (χ2n) is 5.64. The Kier molecular flexibility index (Phi) is 3.14. The zero-order valence-corrected chi connectivity index (χ0v) is 12.1. The van der Waals surface area contributed by atoms with Crippen LogP contribution in [0.15, 0.2) is 36.7 Å². The summed E-state index contributed by atoms with van der Waals surface area (Å²) in [4.78, 5) is 29.4. The van der Waals surface area contributed by atoms with Crippen LogP contribution in [0.4, 0.5) is 0 Å². The van der Waals surface area contributed by atoms with E-state index >= 15 is 0 Å². The number of aromatic nitrogens is 4. The van der Waals surface area contributed by atoms with E-state index in [-0.39, 0.29) is 5.91 Å². The predicted octanol–water partition coefficient (Wildman–Crippen LogP) is 2.31. The first-order valence-electron chi connectivity index (χ1n) is 7.54. The normalized spacial score (nSPS) is 16.3. The number of benzene rings is 1. The number of carbonyl (C=O) groups excluding carboxylic acids is 1. The molecule has 2 aromatic heterocycles. The molecule has 0 unspecified atom stereocenters. The van der Waals surface area contributed by atoms with E-state index in [4.69, 9.17) is 0 Å². The van der Waals surface area contributed by atoms with E-state index in [1.54, 1.807) is 6.20 Å². The molecule has 0 spiro atoms. The number of aromatic amines is 2. The summed E-state index contributed by atoms with van der Waals surface area (Å²) in [6, 6.07) is 7.70. The monoisotopic (exact) mass is 295 g/mol. The van der Waals surface area contributed by atoms with Gasteiger partial charge in [0.2, 0.25) is 0 Å². The number of hydrogen-bond acceptors (Lipinski definition) is 3. The van der Waals surface area contributed by atoms with Crippen LogP contribution in [0.25, 0.3) is 11.0 Å². The number of imidazole rings is 2. The lowest BCUT2D eigenvalue weighted by Crippen LogP contribution is -2.38. The van der Waals surface area contributed by atoms with Gasteiger partial charge >= 0.3 is 0 Å². The largest absolute Gasteiger partial charge is 0.348 e. The molecule has 1 aliphatic rings. The summed E-state index contributed by atoms with van der Waals surface area (Å²) in [5.74, 6) is 1.84. The Morgan fingerprint density at radius 2 is 2.05 bits per heavy atom. The van der Waals surface area contributed by atoms with Crippen LogP contribution in [0.3, 0.4) is 0 Å². The summed E-state index contributed by atoms with van der Waals surface area (Å²) in [5, 5.41) is 0. The van der Waals surface area contributed by atoms with Crippen LogP contribution in [-0.4, -0.2) is 43.8 Å². The first kappa shape index (κ1) is 13.1. The molecular formula is C16H17N5O. The summed E-state index contributed by atoms with van der Waals surface area (Å²) in [6.45, 7) is 1.47. The lowest BCUT2D eigenvalue weighted by atomic mass is 9.96. The lowest BCUT2D eigenvalue weighted by Gasteiger charge is -2.30. The summed E-state index contributed by atoms with van der Waals surface area (Å²) in [7, 11) is 0. The van der Waals surface area contributed by atoms with E-state index in [9.17, 15) is 4.79 Å². The van der Waals surface area contributed by atoms with Crippen molar-refractivity contribution in [3.05, 3.63) is 48.3 Å². The number of H-pyrrole nitrogens is 2. The second kappa shape index (κ2) is 5.29. The van der Waals surface area contributed by atoms with Crippen LogP contribution >= 0.6 is 0 Å². The molecule has 1 aliphatic heterocycles. The molecule has 0 radical (unpaired) electrons. The summed E-state index contributed by atoms with van der Waals surface area (Å²) >= 11 is 0. The highest BCUT2D eigenvalue weighted by molar-refractivity contribution is 5.94. The Bertz CT molecular complexity index is 751. The number of nitrogens with zero attached hydrogens (tertiary/aromatic N) is 3. The van der Waals surface area contributed by atoms with Crippen molar-refractivity contribution in [1.82, 2.24) is 24.8 Å². The van der Waals surface area contributed by atoms with Crippen molar-refractivity contribution in [2.45, 2.75) is 18.8 Å². The number of piperidine rings is 1. The van der Waals surface area contributed by atoms with Gasteiger partial charge in [-0.3, -0.25) is 4.79 Å². The van der Waals surface area contributed by atoms with Gasteiger partial charge in [-0.15, -0.1) is 0 Å². The first-order valence-corrected chi connectivity index (χ1v) is 7.54. The van der Waals surface area contributed by atoms with E-state index in [2.05, 4.69) is 19.9 Å². The van der Waals surface area contributed by atoms with Crippen LogP contribution in [0.5, 0.6) is 0 Å². The number of amides is 1. The molecule has 0 atom stereocenters. The Morgan fingerprint density at radius 3 is 2.77 bits per heavy atom. The highest BCUT2D eigenvalue weighted by atomic mass is 16.2. The van der Waals surface area contributed by atoms with Gasteiger partial charge in [0.05, 0.1) is 11.0 Å². The van der Waals surface area contributed by atoms with Crippen LogP contribution in [0.1, 0.15) is 35.2 Å². The molecule has 0 saturated carbocycles. The van der Waals surface area contributed by atoms with Gasteiger partial charge in [0.1, 0.15) is 5.82 Å². The highest BCUT2D eigenvalue weighted by Gasteiger charge is 2.27. The maximum absolute atomic E-state index is 12.6. The maximum Gasteiger partial charge on any atom is 0.289 e. The third kappa shape index (κ3) is 2.26. The Labute approximate surface area is 127 Å². The molecule has 1 aromatic carbocycles. The van der Waals surface area contributed by atoms with Crippen molar-refractivity contribution in [2.24, 2.45) is 0 Å².